The summed E-state index contributed by atoms with van der Waals surface area (Å²) < 4.78 is 38.6. The molecule has 0 amide bonds. The average Bonchev–Trinajstić information content (AvgIpc) is 2.14. The molecule has 1 rings (SSSR count). The number of halogens is 4. The molecule has 1 aromatic carbocycles. The molecule has 0 spiro atoms. The van der Waals surface area contributed by atoms with Crippen LogP contribution in [-0.4, -0.2) is 15.2 Å². The maximum Gasteiger partial charge on any atom is 0.417 e. The first-order valence-electron chi connectivity index (χ1n) is 5.74. The first-order chi connectivity index (χ1) is 7.87. The van der Waals surface area contributed by atoms with Gasteiger partial charge in [0.1, 0.15) is 0 Å². The lowest BCUT2D eigenvalue weighted by Crippen LogP contribution is -2.61. The van der Waals surface area contributed by atoms with E-state index in [0.717, 1.165) is 5.19 Å². The molecule has 6 heteroatoms. The van der Waals surface area contributed by atoms with Crippen LogP contribution in [0.25, 0.3) is 0 Å². The SMILES string of the molecule is C[Si](C)(C)[Si](C)(C)c1ccc(Cl)c(C(F)(F)F)c1. The van der Waals surface area contributed by atoms with Crippen molar-refractivity contribution in [3.05, 3.63) is 28.8 Å². The maximum absolute atomic E-state index is 12.9. The van der Waals surface area contributed by atoms with Crippen molar-refractivity contribution >= 4 is 32.0 Å². The van der Waals surface area contributed by atoms with E-state index < -0.39 is 26.9 Å². The molecule has 0 atom stereocenters. The molecule has 1 aromatic rings. The monoisotopic (exact) mass is 310 g/mol. The van der Waals surface area contributed by atoms with E-state index in [1.54, 1.807) is 6.07 Å². The highest BCUT2D eigenvalue weighted by atomic mass is 35.5. The predicted molar refractivity (Wildman–Crippen MR) is 76.9 cm³/mol. The molecule has 18 heavy (non-hydrogen) atoms. The number of alkyl halides is 3. The summed E-state index contributed by atoms with van der Waals surface area (Å²) in [5.74, 6) is 0. The molecule has 0 N–H and O–H groups in total. The van der Waals surface area contributed by atoms with Crippen LogP contribution in [0.15, 0.2) is 18.2 Å². The zero-order valence-electron chi connectivity index (χ0n) is 11.2. The smallest absolute Gasteiger partial charge is 0.166 e. The first-order valence-corrected chi connectivity index (χ1v) is 13.6. The minimum atomic E-state index is -4.38. The number of hydrogen-bond acceptors (Lipinski definition) is 0. The van der Waals surface area contributed by atoms with Crippen LogP contribution in [0.1, 0.15) is 5.56 Å². The topological polar surface area (TPSA) is 0 Å². The fourth-order valence-electron chi connectivity index (χ4n) is 1.56. The Morgan fingerprint density at radius 2 is 1.50 bits per heavy atom. The largest absolute Gasteiger partial charge is 0.417 e. The predicted octanol–water partition coefficient (Wildman–Crippen LogP) is 4.69. The van der Waals surface area contributed by atoms with Gasteiger partial charge in [-0.1, -0.05) is 55.6 Å². The third-order valence-corrected chi connectivity index (χ3v) is 21.8. The Morgan fingerprint density at radius 3 is 1.89 bits per heavy atom. The standard InChI is InChI=1S/C12H18ClF3Si2/c1-17(2,3)18(4,5)9-6-7-11(13)10(8-9)12(14,15)16/h6-8H,1-5H3. The maximum atomic E-state index is 12.9. The van der Waals surface area contributed by atoms with Crippen LogP contribution < -0.4 is 5.19 Å². The molecule has 0 saturated heterocycles. The highest BCUT2D eigenvalue weighted by Crippen LogP contribution is 2.34. The molecule has 0 aliphatic carbocycles. The summed E-state index contributed by atoms with van der Waals surface area (Å²) in [6.07, 6.45) is -4.38. The van der Waals surface area contributed by atoms with Crippen molar-refractivity contribution in [2.24, 2.45) is 0 Å². The lowest BCUT2D eigenvalue weighted by atomic mass is 10.2. The van der Waals surface area contributed by atoms with Gasteiger partial charge in [0, 0.05) is 7.59 Å². The van der Waals surface area contributed by atoms with E-state index in [-0.39, 0.29) is 5.02 Å². The van der Waals surface area contributed by atoms with Gasteiger partial charge in [0.15, 0.2) is 0 Å². The van der Waals surface area contributed by atoms with Gasteiger partial charge in [0.2, 0.25) is 0 Å². The summed E-state index contributed by atoms with van der Waals surface area (Å²) >= 11 is 5.65. The van der Waals surface area contributed by atoms with Gasteiger partial charge in [-0.15, -0.1) is 0 Å². The van der Waals surface area contributed by atoms with Gasteiger partial charge in [0.05, 0.1) is 18.2 Å². The Balaban J connectivity index is 3.38. The molecule has 0 aliphatic rings. The van der Waals surface area contributed by atoms with Crippen LogP contribution in [0.3, 0.4) is 0 Å². The van der Waals surface area contributed by atoms with Crippen LogP contribution in [0, 0.1) is 0 Å². The van der Waals surface area contributed by atoms with Crippen molar-refractivity contribution in [1.82, 2.24) is 0 Å². The van der Waals surface area contributed by atoms with Crippen molar-refractivity contribution < 1.29 is 13.2 Å². The van der Waals surface area contributed by atoms with Gasteiger partial charge in [0.25, 0.3) is 0 Å². The van der Waals surface area contributed by atoms with Gasteiger partial charge in [-0.25, -0.2) is 0 Å². The van der Waals surface area contributed by atoms with E-state index in [9.17, 15) is 13.2 Å². The highest BCUT2D eigenvalue weighted by molar-refractivity contribution is 7.45. The highest BCUT2D eigenvalue weighted by Gasteiger charge is 2.40. The summed E-state index contributed by atoms with van der Waals surface area (Å²) in [5.41, 5.74) is -0.708. The minimum Gasteiger partial charge on any atom is -0.166 e. The molecule has 0 saturated carbocycles. The lowest BCUT2D eigenvalue weighted by Gasteiger charge is -2.36. The van der Waals surface area contributed by atoms with E-state index in [2.05, 4.69) is 32.7 Å². The molecule has 0 unspecified atom stereocenters. The van der Waals surface area contributed by atoms with Crippen molar-refractivity contribution in [1.29, 1.82) is 0 Å². The Labute approximate surface area is 113 Å². The van der Waals surface area contributed by atoms with E-state index in [0.29, 0.717) is 0 Å². The second-order valence-electron chi connectivity index (χ2n) is 6.07. The molecule has 0 nitrogen and oxygen atoms in total. The molecule has 0 aliphatic heterocycles. The third kappa shape index (κ3) is 3.00. The van der Waals surface area contributed by atoms with Crippen LogP contribution in [-0.2, 0) is 6.18 Å². The Kier molecular flexibility index (Phi) is 4.11. The van der Waals surface area contributed by atoms with Crippen molar-refractivity contribution in [3.63, 3.8) is 0 Å². The Bertz CT molecular complexity index is 448. The fourth-order valence-corrected chi connectivity index (χ4v) is 6.72. The molecule has 102 valence electrons. The summed E-state index contributed by atoms with van der Waals surface area (Å²) in [6.45, 7) is 10.9. The van der Waals surface area contributed by atoms with Crippen LogP contribution in [0.5, 0.6) is 0 Å². The summed E-state index contributed by atoms with van der Waals surface area (Å²) in [4.78, 5) is 0. The fraction of sp³-hybridized carbons (Fsp3) is 0.500. The van der Waals surface area contributed by atoms with Crippen molar-refractivity contribution in [2.75, 3.05) is 0 Å². The molecule has 0 heterocycles. The van der Waals surface area contributed by atoms with Gasteiger partial charge in [-0.05, 0) is 12.1 Å². The molecular weight excluding hydrogens is 293 g/mol. The van der Waals surface area contributed by atoms with E-state index in [1.165, 1.54) is 12.1 Å². The van der Waals surface area contributed by atoms with E-state index in [1.807, 2.05) is 0 Å². The van der Waals surface area contributed by atoms with Gasteiger partial charge < -0.3 is 0 Å². The minimum absolute atomic E-state index is 0.216. The molecule has 0 aromatic heterocycles. The van der Waals surface area contributed by atoms with Gasteiger partial charge in [-0.2, -0.15) is 13.2 Å². The zero-order chi connectivity index (χ0) is 14.4. The van der Waals surface area contributed by atoms with Crippen LogP contribution in [0.4, 0.5) is 13.2 Å². The first kappa shape index (κ1) is 15.8. The van der Waals surface area contributed by atoms with E-state index in [4.69, 9.17) is 11.6 Å². The second-order valence-corrected chi connectivity index (χ2v) is 23.1. The summed E-state index contributed by atoms with van der Waals surface area (Å²) in [6, 6.07) is 4.41. The summed E-state index contributed by atoms with van der Waals surface area (Å²) in [5, 5.41) is 0.630. The Morgan fingerprint density at radius 1 is 1.00 bits per heavy atom. The van der Waals surface area contributed by atoms with Gasteiger partial charge in [-0.3, -0.25) is 0 Å². The Hall–Kier alpha value is -0.266. The molecule has 0 bridgehead atoms. The van der Waals surface area contributed by atoms with E-state index >= 15 is 0 Å². The zero-order valence-corrected chi connectivity index (χ0v) is 14.0. The third-order valence-electron chi connectivity index (χ3n) is 3.87. The lowest BCUT2D eigenvalue weighted by molar-refractivity contribution is -0.137. The van der Waals surface area contributed by atoms with Crippen molar-refractivity contribution in [2.45, 2.75) is 38.9 Å². The van der Waals surface area contributed by atoms with Crippen LogP contribution in [0.2, 0.25) is 37.8 Å². The average molecular weight is 311 g/mol. The van der Waals surface area contributed by atoms with Gasteiger partial charge >= 0.3 is 6.18 Å². The normalized spacial score (nSPS) is 13.8. The number of benzene rings is 1. The molecule has 0 radical (unpaired) electrons. The summed E-state index contributed by atoms with van der Waals surface area (Å²) in [7, 11) is -3.33. The number of rotatable bonds is 2. The van der Waals surface area contributed by atoms with Crippen molar-refractivity contribution in [3.8, 4) is 0 Å². The quantitative estimate of drug-likeness (QED) is 0.695. The second kappa shape index (κ2) is 4.69. The molecular formula is C12H18ClF3Si2. The molecule has 0 fully saturated rings. The number of hydrogen-bond donors (Lipinski definition) is 0. The van der Waals surface area contributed by atoms with Crippen LogP contribution >= 0.6 is 11.6 Å².